The summed E-state index contributed by atoms with van der Waals surface area (Å²) < 4.78 is 24.2. The zero-order valence-electron chi connectivity index (χ0n) is 20.8. The van der Waals surface area contributed by atoms with Gasteiger partial charge in [-0.2, -0.15) is 0 Å². The van der Waals surface area contributed by atoms with E-state index in [0.29, 0.717) is 30.0 Å². The second kappa shape index (κ2) is 11.9. The van der Waals surface area contributed by atoms with E-state index < -0.39 is 17.0 Å². The smallest absolute Gasteiger partial charge is 0.241 e. The van der Waals surface area contributed by atoms with Crippen molar-refractivity contribution in [3.8, 4) is 11.5 Å². The molecule has 0 spiro atoms. The summed E-state index contributed by atoms with van der Waals surface area (Å²) in [7, 11) is 3.16. The molecule has 0 aliphatic carbocycles. The Morgan fingerprint density at radius 3 is 2.59 bits per heavy atom. The number of nitrogens with zero attached hydrogens (tertiary/aromatic N) is 1. The summed E-state index contributed by atoms with van der Waals surface area (Å²) in [6, 6.07) is 17.3. The largest absolute Gasteiger partial charge is 0.493 e. The maximum Gasteiger partial charge on any atom is 0.241 e. The fraction of sp³-hybridized carbons (Fsp3) is 0.286. The molecule has 1 N–H and O–H groups in total. The van der Waals surface area contributed by atoms with Crippen LogP contribution in [0.1, 0.15) is 18.1 Å². The van der Waals surface area contributed by atoms with Gasteiger partial charge in [0.1, 0.15) is 11.1 Å². The van der Waals surface area contributed by atoms with Crippen molar-refractivity contribution in [1.29, 1.82) is 0 Å². The number of thioether (sulfide) groups is 1. The number of carbonyl (C=O) groups is 2. The minimum absolute atomic E-state index is 0.180. The molecule has 0 bridgehead atoms. The third-order valence-corrected chi connectivity index (χ3v) is 8.11. The number of anilines is 1. The van der Waals surface area contributed by atoms with Gasteiger partial charge in [0.25, 0.3) is 0 Å². The number of ether oxygens (including phenoxy) is 2. The summed E-state index contributed by atoms with van der Waals surface area (Å²) in [4.78, 5) is 29.2. The number of benzene rings is 3. The lowest BCUT2D eigenvalue weighted by molar-refractivity contribution is -0.128. The van der Waals surface area contributed by atoms with Crippen LogP contribution in [0.4, 0.5) is 10.1 Å². The Labute approximate surface area is 225 Å². The summed E-state index contributed by atoms with van der Waals surface area (Å²) in [6.07, 6.45) is 0.600. The van der Waals surface area contributed by atoms with Gasteiger partial charge < -0.3 is 19.7 Å². The van der Waals surface area contributed by atoms with E-state index in [4.69, 9.17) is 21.1 Å². The van der Waals surface area contributed by atoms with Crippen molar-refractivity contribution in [3.63, 3.8) is 0 Å². The highest BCUT2D eigenvalue weighted by atomic mass is 35.5. The fourth-order valence-electron chi connectivity index (χ4n) is 4.20. The third-order valence-electron chi connectivity index (χ3n) is 6.29. The summed E-state index contributed by atoms with van der Waals surface area (Å²) in [5, 5.41) is 2.60. The highest BCUT2D eigenvalue weighted by Crippen LogP contribution is 2.42. The quantitative estimate of drug-likeness (QED) is 0.387. The molecular formula is C28H28ClFN2O4S. The molecule has 0 radical (unpaired) electrons. The SMILES string of the molecule is COc1ccc(CCNC(=O)[C@H](C)[C@@H]2Sc3ccccc3N(Cc3ccc(F)cc3Cl)C2=O)cc1OC. The van der Waals surface area contributed by atoms with Gasteiger partial charge in [0.2, 0.25) is 11.8 Å². The molecule has 6 nitrogen and oxygen atoms in total. The average molecular weight is 543 g/mol. The Bertz CT molecular complexity index is 1300. The molecular weight excluding hydrogens is 515 g/mol. The van der Waals surface area contributed by atoms with E-state index in [9.17, 15) is 14.0 Å². The molecule has 1 aliphatic heterocycles. The number of carbonyl (C=O) groups excluding carboxylic acids is 2. The zero-order chi connectivity index (χ0) is 26.5. The topological polar surface area (TPSA) is 67.9 Å². The number of hydrogen-bond donors (Lipinski definition) is 1. The van der Waals surface area contributed by atoms with E-state index in [1.807, 2.05) is 42.5 Å². The van der Waals surface area contributed by atoms with E-state index in [-0.39, 0.29) is 23.4 Å². The maximum atomic E-state index is 13.6. The summed E-state index contributed by atoms with van der Waals surface area (Å²) in [6.45, 7) is 2.35. The van der Waals surface area contributed by atoms with Crippen LogP contribution in [0.3, 0.4) is 0 Å². The molecule has 194 valence electrons. The van der Waals surface area contributed by atoms with Crippen molar-refractivity contribution in [2.45, 2.75) is 30.0 Å². The predicted molar refractivity (Wildman–Crippen MR) is 144 cm³/mol. The van der Waals surface area contributed by atoms with Crippen molar-refractivity contribution in [1.82, 2.24) is 5.32 Å². The zero-order valence-corrected chi connectivity index (χ0v) is 22.4. The lowest BCUT2D eigenvalue weighted by atomic mass is 10.0. The summed E-state index contributed by atoms with van der Waals surface area (Å²) >= 11 is 7.64. The second-order valence-electron chi connectivity index (χ2n) is 8.69. The van der Waals surface area contributed by atoms with Crippen LogP contribution in [0, 0.1) is 11.7 Å². The Morgan fingerprint density at radius 1 is 1.11 bits per heavy atom. The number of halogens is 2. The molecule has 1 aliphatic rings. The van der Waals surface area contributed by atoms with Gasteiger partial charge in [-0.05, 0) is 53.9 Å². The number of fused-ring (bicyclic) bond motifs is 1. The number of amides is 2. The average Bonchev–Trinajstić information content (AvgIpc) is 2.90. The van der Waals surface area contributed by atoms with Crippen LogP contribution in [-0.4, -0.2) is 37.8 Å². The van der Waals surface area contributed by atoms with Crippen LogP contribution in [0.25, 0.3) is 0 Å². The Morgan fingerprint density at radius 2 is 1.86 bits per heavy atom. The van der Waals surface area contributed by atoms with E-state index in [0.717, 1.165) is 16.1 Å². The third kappa shape index (κ3) is 6.02. The highest BCUT2D eigenvalue weighted by Gasteiger charge is 2.39. The molecule has 37 heavy (non-hydrogen) atoms. The molecule has 0 aromatic heterocycles. The van der Waals surface area contributed by atoms with Gasteiger partial charge in [0, 0.05) is 16.5 Å². The normalized spacial score (nSPS) is 15.6. The molecule has 2 atom stereocenters. The maximum absolute atomic E-state index is 13.6. The van der Waals surface area contributed by atoms with Gasteiger partial charge in [0.15, 0.2) is 11.5 Å². The molecule has 9 heteroatoms. The van der Waals surface area contributed by atoms with E-state index in [2.05, 4.69) is 5.32 Å². The summed E-state index contributed by atoms with van der Waals surface area (Å²) in [5.74, 6) is -0.141. The predicted octanol–water partition coefficient (Wildman–Crippen LogP) is 5.50. The molecule has 3 aromatic rings. The molecule has 0 saturated heterocycles. The van der Waals surface area contributed by atoms with Gasteiger partial charge in [-0.15, -0.1) is 11.8 Å². The van der Waals surface area contributed by atoms with Crippen LogP contribution >= 0.6 is 23.4 Å². The number of nitrogens with one attached hydrogen (secondary N) is 1. The first-order chi connectivity index (χ1) is 17.8. The molecule has 1 heterocycles. The lowest BCUT2D eigenvalue weighted by Crippen LogP contribution is -2.47. The fourth-order valence-corrected chi connectivity index (χ4v) is 5.72. The van der Waals surface area contributed by atoms with Gasteiger partial charge in [0.05, 0.1) is 32.4 Å². The van der Waals surface area contributed by atoms with Gasteiger partial charge in [-0.3, -0.25) is 9.59 Å². The van der Waals surface area contributed by atoms with Crippen molar-refractivity contribution in [2.75, 3.05) is 25.7 Å². The molecule has 0 unspecified atom stereocenters. The van der Waals surface area contributed by atoms with Gasteiger partial charge in [-0.25, -0.2) is 4.39 Å². The molecule has 0 saturated carbocycles. The van der Waals surface area contributed by atoms with Gasteiger partial charge in [-0.1, -0.05) is 42.8 Å². The Hall–Kier alpha value is -3.23. The number of rotatable bonds is 9. The minimum atomic E-state index is -0.616. The van der Waals surface area contributed by atoms with Crippen molar-refractivity contribution in [2.24, 2.45) is 5.92 Å². The van der Waals surface area contributed by atoms with E-state index >= 15 is 0 Å². The Balaban J connectivity index is 1.46. The van der Waals surface area contributed by atoms with Crippen LogP contribution in [0.2, 0.25) is 5.02 Å². The monoisotopic (exact) mass is 542 g/mol. The first-order valence-electron chi connectivity index (χ1n) is 11.8. The van der Waals surface area contributed by atoms with E-state index in [1.54, 1.807) is 32.1 Å². The number of para-hydroxylation sites is 1. The molecule has 4 rings (SSSR count). The van der Waals surface area contributed by atoms with Crippen molar-refractivity contribution in [3.05, 3.63) is 82.6 Å². The Kier molecular flexibility index (Phi) is 8.61. The molecule has 2 amide bonds. The number of hydrogen-bond acceptors (Lipinski definition) is 5. The lowest BCUT2D eigenvalue weighted by Gasteiger charge is -2.36. The minimum Gasteiger partial charge on any atom is -0.493 e. The number of methoxy groups -OCH3 is 2. The van der Waals surface area contributed by atoms with Crippen molar-refractivity contribution >= 4 is 40.9 Å². The van der Waals surface area contributed by atoms with Crippen LogP contribution < -0.4 is 19.7 Å². The summed E-state index contributed by atoms with van der Waals surface area (Å²) in [5.41, 5.74) is 2.36. The second-order valence-corrected chi connectivity index (χ2v) is 10.3. The van der Waals surface area contributed by atoms with Gasteiger partial charge >= 0.3 is 0 Å². The standard InChI is InChI=1S/C28H28ClFN2O4S/c1-17(27(33)31-13-12-18-8-11-23(35-2)24(14-18)36-3)26-28(34)32(22-6-4-5-7-25(22)37-26)16-19-9-10-20(30)15-21(19)29/h4-11,14-15,17,26H,12-13,16H2,1-3H3,(H,31,33)/t17-,26+/m1/s1. The molecule has 3 aromatic carbocycles. The van der Waals surface area contributed by atoms with Crippen LogP contribution in [0.15, 0.2) is 65.6 Å². The highest BCUT2D eigenvalue weighted by molar-refractivity contribution is 8.01. The van der Waals surface area contributed by atoms with E-state index in [1.165, 1.54) is 23.9 Å². The van der Waals surface area contributed by atoms with Crippen LogP contribution in [0.5, 0.6) is 11.5 Å². The van der Waals surface area contributed by atoms with Crippen molar-refractivity contribution < 1.29 is 23.5 Å². The molecule has 0 fully saturated rings. The van der Waals surface area contributed by atoms with Crippen LogP contribution in [-0.2, 0) is 22.6 Å². The first-order valence-corrected chi connectivity index (χ1v) is 13.1. The first kappa shape index (κ1) is 26.8.